The lowest BCUT2D eigenvalue weighted by molar-refractivity contribution is -0.122. The highest BCUT2D eigenvalue weighted by Gasteiger charge is 2.34. The van der Waals surface area contributed by atoms with Crippen LogP contribution in [-0.2, 0) is 11.3 Å². The predicted octanol–water partition coefficient (Wildman–Crippen LogP) is 3.38. The number of fused-ring (bicyclic) bond motifs is 3. The SMILES string of the molecule is O=C(CC1CC2CCC(C1)N2)NCc1cccc2ccccc12. The van der Waals surface area contributed by atoms with E-state index >= 15 is 0 Å². The third kappa shape index (κ3) is 3.25. The van der Waals surface area contributed by atoms with E-state index in [9.17, 15) is 4.79 Å². The molecule has 4 rings (SSSR count). The molecule has 2 fully saturated rings. The van der Waals surface area contributed by atoms with Gasteiger partial charge in [-0.25, -0.2) is 0 Å². The molecule has 2 saturated heterocycles. The first kappa shape index (κ1) is 14.7. The van der Waals surface area contributed by atoms with Gasteiger partial charge in [-0.15, -0.1) is 0 Å². The minimum Gasteiger partial charge on any atom is -0.352 e. The Morgan fingerprint density at radius 2 is 1.78 bits per heavy atom. The fraction of sp³-hybridized carbons (Fsp3) is 0.450. The van der Waals surface area contributed by atoms with Crippen molar-refractivity contribution in [3.63, 3.8) is 0 Å². The Labute approximate surface area is 137 Å². The number of amides is 1. The summed E-state index contributed by atoms with van der Waals surface area (Å²) in [4.78, 5) is 12.3. The van der Waals surface area contributed by atoms with Gasteiger partial charge in [-0.3, -0.25) is 4.79 Å². The van der Waals surface area contributed by atoms with Gasteiger partial charge in [0.25, 0.3) is 0 Å². The van der Waals surface area contributed by atoms with Crippen molar-refractivity contribution < 1.29 is 4.79 Å². The minimum atomic E-state index is 0.198. The highest BCUT2D eigenvalue weighted by molar-refractivity contribution is 5.86. The second kappa shape index (κ2) is 6.32. The predicted molar refractivity (Wildman–Crippen MR) is 93.1 cm³/mol. The van der Waals surface area contributed by atoms with Crippen LogP contribution in [0.25, 0.3) is 10.8 Å². The Morgan fingerprint density at radius 3 is 2.61 bits per heavy atom. The van der Waals surface area contributed by atoms with E-state index in [4.69, 9.17) is 0 Å². The van der Waals surface area contributed by atoms with E-state index in [0.717, 1.165) is 12.8 Å². The Hall–Kier alpha value is -1.87. The zero-order valence-electron chi connectivity index (χ0n) is 13.4. The Morgan fingerprint density at radius 1 is 1.04 bits per heavy atom. The molecule has 120 valence electrons. The van der Waals surface area contributed by atoms with E-state index in [-0.39, 0.29) is 5.91 Å². The summed E-state index contributed by atoms with van der Waals surface area (Å²) in [6, 6.07) is 15.9. The minimum absolute atomic E-state index is 0.198. The summed E-state index contributed by atoms with van der Waals surface area (Å²) in [7, 11) is 0. The van der Waals surface area contributed by atoms with Gasteiger partial charge in [-0.05, 0) is 47.9 Å². The van der Waals surface area contributed by atoms with Crippen LogP contribution in [0.15, 0.2) is 42.5 Å². The van der Waals surface area contributed by atoms with Crippen molar-refractivity contribution in [3.05, 3.63) is 48.0 Å². The summed E-state index contributed by atoms with van der Waals surface area (Å²) >= 11 is 0. The second-order valence-electron chi connectivity index (χ2n) is 7.09. The molecular weight excluding hydrogens is 284 g/mol. The van der Waals surface area contributed by atoms with Crippen molar-refractivity contribution in [2.45, 2.75) is 50.7 Å². The van der Waals surface area contributed by atoms with Gasteiger partial charge in [-0.1, -0.05) is 42.5 Å². The first-order valence-corrected chi connectivity index (χ1v) is 8.77. The van der Waals surface area contributed by atoms with Gasteiger partial charge >= 0.3 is 0 Å². The van der Waals surface area contributed by atoms with Crippen molar-refractivity contribution in [1.82, 2.24) is 10.6 Å². The highest BCUT2D eigenvalue weighted by atomic mass is 16.1. The largest absolute Gasteiger partial charge is 0.352 e. The molecule has 0 aromatic heterocycles. The molecule has 2 aromatic carbocycles. The number of carbonyl (C=O) groups is 1. The molecule has 2 heterocycles. The van der Waals surface area contributed by atoms with Crippen LogP contribution < -0.4 is 10.6 Å². The monoisotopic (exact) mass is 308 g/mol. The van der Waals surface area contributed by atoms with E-state index in [0.29, 0.717) is 31.0 Å². The summed E-state index contributed by atoms with van der Waals surface area (Å²) in [5.41, 5.74) is 1.20. The molecule has 2 bridgehead atoms. The Balaban J connectivity index is 1.36. The van der Waals surface area contributed by atoms with Crippen LogP contribution in [0, 0.1) is 5.92 Å². The van der Waals surface area contributed by atoms with Crippen LogP contribution >= 0.6 is 0 Å². The van der Waals surface area contributed by atoms with Crippen LogP contribution in [-0.4, -0.2) is 18.0 Å². The van der Waals surface area contributed by atoms with Crippen molar-refractivity contribution in [1.29, 1.82) is 0 Å². The van der Waals surface area contributed by atoms with E-state index < -0.39 is 0 Å². The fourth-order valence-corrected chi connectivity index (χ4v) is 4.32. The number of hydrogen-bond acceptors (Lipinski definition) is 2. The van der Waals surface area contributed by atoms with Crippen LogP contribution in [0.4, 0.5) is 0 Å². The smallest absolute Gasteiger partial charge is 0.220 e. The average Bonchev–Trinajstić information content (AvgIpc) is 2.91. The number of nitrogens with one attached hydrogen (secondary N) is 2. The van der Waals surface area contributed by atoms with Crippen molar-refractivity contribution in [2.24, 2.45) is 5.92 Å². The molecule has 1 amide bonds. The maximum Gasteiger partial charge on any atom is 0.220 e. The quantitative estimate of drug-likeness (QED) is 0.909. The van der Waals surface area contributed by atoms with Gasteiger partial charge in [-0.2, -0.15) is 0 Å². The molecule has 0 saturated carbocycles. The zero-order valence-corrected chi connectivity index (χ0v) is 13.4. The fourth-order valence-electron chi connectivity index (χ4n) is 4.32. The molecule has 2 aromatic rings. The summed E-state index contributed by atoms with van der Waals surface area (Å²) < 4.78 is 0. The van der Waals surface area contributed by atoms with Crippen molar-refractivity contribution in [2.75, 3.05) is 0 Å². The number of piperidine rings is 1. The number of carbonyl (C=O) groups excluding carboxylic acids is 1. The molecule has 0 aliphatic carbocycles. The standard InChI is InChI=1S/C20H24N2O/c23-20(12-14-10-17-8-9-18(11-14)22-17)21-13-16-6-3-5-15-4-1-2-7-19(15)16/h1-7,14,17-18,22H,8-13H2,(H,21,23). The van der Waals surface area contributed by atoms with Crippen molar-refractivity contribution >= 4 is 16.7 Å². The number of benzene rings is 2. The molecule has 3 nitrogen and oxygen atoms in total. The van der Waals surface area contributed by atoms with Crippen LogP contribution in [0.5, 0.6) is 0 Å². The first-order valence-electron chi connectivity index (χ1n) is 8.77. The highest BCUT2D eigenvalue weighted by Crippen LogP contribution is 2.32. The summed E-state index contributed by atoms with van der Waals surface area (Å²) in [6.45, 7) is 0.623. The summed E-state index contributed by atoms with van der Waals surface area (Å²) in [6.07, 6.45) is 5.59. The van der Waals surface area contributed by atoms with Gasteiger partial charge in [0, 0.05) is 25.0 Å². The molecule has 3 heteroatoms. The molecule has 23 heavy (non-hydrogen) atoms. The lowest BCUT2D eigenvalue weighted by atomic mass is 9.89. The lowest BCUT2D eigenvalue weighted by Crippen LogP contribution is -2.39. The number of rotatable bonds is 4. The Bertz CT molecular complexity index is 694. The van der Waals surface area contributed by atoms with Crippen molar-refractivity contribution in [3.8, 4) is 0 Å². The van der Waals surface area contributed by atoms with Crippen LogP contribution in [0.3, 0.4) is 0 Å². The van der Waals surface area contributed by atoms with E-state index in [1.165, 1.54) is 29.2 Å². The van der Waals surface area contributed by atoms with E-state index in [1.54, 1.807) is 0 Å². The molecule has 0 radical (unpaired) electrons. The zero-order chi connectivity index (χ0) is 15.6. The molecule has 2 aliphatic heterocycles. The molecule has 2 N–H and O–H groups in total. The van der Waals surface area contributed by atoms with Gasteiger partial charge in [0.1, 0.15) is 0 Å². The molecule has 2 atom stereocenters. The summed E-state index contributed by atoms with van der Waals surface area (Å²) in [5, 5.41) is 9.23. The molecule has 2 aliphatic rings. The maximum atomic E-state index is 12.3. The van der Waals surface area contributed by atoms with Gasteiger partial charge in [0.15, 0.2) is 0 Å². The average molecular weight is 308 g/mol. The topological polar surface area (TPSA) is 41.1 Å². The van der Waals surface area contributed by atoms with E-state index in [1.807, 2.05) is 0 Å². The molecular formula is C20H24N2O. The van der Waals surface area contributed by atoms with E-state index in [2.05, 4.69) is 53.1 Å². The normalized spacial score (nSPS) is 26.3. The Kier molecular flexibility index (Phi) is 4.04. The number of hydrogen-bond donors (Lipinski definition) is 2. The lowest BCUT2D eigenvalue weighted by Gasteiger charge is -2.28. The van der Waals surface area contributed by atoms with Gasteiger partial charge in [0.2, 0.25) is 5.91 Å². The summed E-state index contributed by atoms with van der Waals surface area (Å²) in [5.74, 6) is 0.755. The second-order valence-corrected chi connectivity index (χ2v) is 7.09. The maximum absolute atomic E-state index is 12.3. The van der Waals surface area contributed by atoms with Crippen LogP contribution in [0.1, 0.15) is 37.7 Å². The van der Waals surface area contributed by atoms with Gasteiger partial charge < -0.3 is 10.6 Å². The van der Waals surface area contributed by atoms with Gasteiger partial charge in [0.05, 0.1) is 0 Å². The molecule has 0 spiro atoms. The first-order chi connectivity index (χ1) is 11.3. The van der Waals surface area contributed by atoms with Crippen LogP contribution in [0.2, 0.25) is 0 Å². The third-order valence-electron chi connectivity index (χ3n) is 5.40. The third-order valence-corrected chi connectivity index (χ3v) is 5.40. The molecule has 2 unspecified atom stereocenters.